The van der Waals surface area contributed by atoms with E-state index < -0.39 is 0 Å². The second kappa shape index (κ2) is 5.13. The molecule has 0 aliphatic heterocycles. The van der Waals surface area contributed by atoms with Crippen molar-refractivity contribution in [2.24, 2.45) is 0 Å². The molecule has 3 aromatic rings. The summed E-state index contributed by atoms with van der Waals surface area (Å²) < 4.78 is 12.9. The molecule has 1 aromatic carbocycles. The maximum absolute atomic E-state index is 12.9. The van der Waals surface area contributed by atoms with Crippen molar-refractivity contribution >= 4 is 0 Å². The number of aryl methyl sites for hydroxylation is 1. The second-order valence-corrected chi connectivity index (χ2v) is 4.39. The van der Waals surface area contributed by atoms with Crippen molar-refractivity contribution in [3.63, 3.8) is 0 Å². The molecule has 0 amide bonds. The van der Waals surface area contributed by atoms with Gasteiger partial charge in [0.15, 0.2) is 11.6 Å². The molecule has 0 bridgehead atoms. The molecule has 0 N–H and O–H groups in total. The Morgan fingerprint density at radius 3 is 1.80 bits per heavy atom. The first-order valence-electron chi connectivity index (χ1n) is 6.09. The van der Waals surface area contributed by atoms with Crippen molar-refractivity contribution in [2.75, 3.05) is 0 Å². The summed E-state index contributed by atoms with van der Waals surface area (Å²) in [7, 11) is 0. The molecule has 2 heterocycles. The van der Waals surface area contributed by atoms with Crippen LogP contribution < -0.4 is 0 Å². The van der Waals surface area contributed by atoms with Gasteiger partial charge in [-0.1, -0.05) is 0 Å². The van der Waals surface area contributed by atoms with Gasteiger partial charge in [0.2, 0.25) is 0 Å². The summed E-state index contributed by atoms with van der Waals surface area (Å²) in [5.41, 5.74) is 2.51. The molecular weight excluding hydrogens is 255 g/mol. The van der Waals surface area contributed by atoms with E-state index in [0.717, 1.165) is 16.7 Å². The van der Waals surface area contributed by atoms with Gasteiger partial charge in [0.05, 0.1) is 5.56 Å². The molecule has 5 heteroatoms. The zero-order valence-electron chi connectivity index (χ0n) is 10.8. The Hall–Kier alpha value is -2.69. The maximum atomic E-state index is 12.9. The summed E-state index contributed by atoms with van der Waals surface area (Å²) in [5, 5.41) is 0. The summed E-state index contributed by atoms with van der Waals surface area (Å²) in [5.74, 6) is 0.848. The standard InChI is InChI=1S/C15H11FN4/c1-10-6-17-15(18-7-10)12-8-19-14(20-9-12)11-2-4-13(16)5-3-11/h2-9H,1H3. The molecule has 98 valence electrons. The van der Waals surface area contributed by atoms with Crippen molar-refractivity contribution in [3.8, 4) is 22.8 Å². The third-order valence-corrected chi connectivity index (χ3v) is 2.79. The number of benzene rings is 1. The first-order chi connectivity index (χ1) is 9.72. The van der Waals surface area contributed by atoms with Crippen LogP contribution in [0.5, 0.6) is 0 Å². The van der Waals surface area contributed by atoms with Crippen LogP contribution >= 0.6 is 0 Å². The fourth-order valence-corrected chi connectivity index (χ4v) is 1.73. The van der Waals surface area contributed by atoms with Crippen LogP contribution in [0.25, 0.3) is 22.8 Å². The van der Waals surface area contributed by atoms with E-state index in [-0.39, 0.29) is 5.82 Å². The predicted molar refractivity (Wildman–Crippen MR) is 73.2 cm³/mol. The van der Waals surface area contributed by atoms with E-state index in [1.807, 2.05) is 6.92 Å². The van der Waals surface area contributed by atoms with E-state index >= 15 is 0 Å². The van der Waals surface area contributed by atoms with E-state index in [0.29, 0.717) is 11.6 Å². The highest BCUT2D eigenvalue weighted by Gasteiger charge is 2.05. The Labute approximate surface area is 115 Å². The Balaban J connectivity index is 1.91. The second-order valence-electron chi connectivity index (χ2n) is 4.39. The minimum atomic E-state index is -0.279. The van der Waals surface area contributed by atoms with Crippen LogP contribution in [0.4, 0.5) is 4.39 Å². The molecule has 0 atom stereocenters. The van der Waals surface area contributed by atoms with Crippen molar-refractivity contribution in [2.45, 2.75) is 6.92 Å². The van der Waals surface area contributed by atoms with Crippen molar-refractivity contribution in [1.82, 2.24) is 19.9 Å². The molecule has 3 rings (SSSR count). The quantitative estimate of drug-likeness (QED) is 0.715. The summed E-state index contributed by atoms with van der Waals surface area (Å²) in [6.07, 6.45) is 6.82. The normalized spacial score (nSPS) is 10.5. The topological polar surface area (TPSA) is 51.6 Å². The number of hydrogen-bond acceptors (Lipinski definition) is 4. The molecule has 0 aliphatic rings. The number of hydrogen-bond donors (Lipinski definition) is 0. The summed E-state index contributed by atoms with van der Waals surface area (Å²) in [6, 6.07) is 6.06. The lowest BCUT2D eigenvalue weighted by molar-refractivity contribution is 0.628. The van der Waals surface area contributed by atoms with Gasteiger partial charge in [-0.3, -0.25) is 0 Å². The molecule has 2 aromatic heterocycles. The van der Waals surface area contributed by atoms with Gasteiger partial charge in [0, 0.05) is 30.4 Å². The Bertz CT molecular complexity index is 642. The first-order valence-corrected chi connectivity index (χ1v) is 6.09. The zero-order valence-corrected chi connectivity index (χ0v) is 10.8. The molecular formula is C15H11FN4. The average Bonchev–Trinajstić information content (AvgIpc) is 2.49. The average molecular weight is 266 g/mol. The molecule has 20 heavy (non-hydrogen) atoms. The summed E-state index contributed by atoms with van der Waals surface area (Å²) in [6.45, 7) is 1.93. The highest BCUT2D eigenvalue weighted by Crippen LogP contribution is 2.17. The van der Waals surface area contributed by atoms with Gasteiger partial charge in [-0.25, -0.2) is 24.3 Å². The van der Waals surface area contributed by atoms with Gasteiger partial charge >= 0.3 is 0 Å². The van der Waals surface area contributed by atoms with Crippen LogP contribution in [-0.2, 0) is 0 Å². The number of rotatable bonds is 2. The molecule has 0 saturated heterocycles. The maximum Gasteiger partial charge on any atom is 0.162 e. The summed E-state index contributed by atoms with van der Waals surface area (Å²) in [4.78, 5) is 17.0. The van der Waals surface area contributed by atoms with Crippen molar-refractivity contribution < 1.29 is 4.39 Å². The van der Waals surface area contributed by atoms with E-state index in [1.54, 1.807) is 36.9 Å². The molecule has 4 nitrogen and oxygen atoms in total. The molecule has 0 radical (unpaired) electrons. The molecule has 0 unspecified atom stereocenters. The monoisotopic (exact) mass is 266 g/mol. The Kier molecular flexibility index (Phi) is 3.16. The van der Waals surface area contributed by atoms with E-state index in [1.165, 1.54) is 12.1 Å². The van der Waals surface area contributed by atoms with Crippen molar-refractivity contribution in [3.05, 3.63) is 60.4 Å². The third-order valence-electron chi connectivity index (χ3n) is 2.79. The summed E-state index contributed by atoms with van der Waals surface area (Å²) >= 11 is 0. The molecule has 0 saturated carbocycles. The van der Waals surface area contributed by atoms with Gasteiger partial charge in [0.25, 0.3) is 0 Å². The minimum Gasteiger partial charge on any atom is -0.236 e. The molecule has 0 spiro atoms. The minimum absolute atomic E-state index is 0.279. The van der Waals surface area contributed by atoms with E-state index in [9.17, 15) is 4.39 Å². The highest BCUT2D eigenvalue weighted by molar-refractivity contribution is 5.58. The largest absolute Gasteiger partial charge is 0.236 e. The number of halogens is 1. The van der Waals surface area contributed by atoms with Gasteiger partial charge in [-0.15, -0.1) is 0 Å². The van der Waals surface area contributed by atoms with Crippen molar-refractivity contribution in [1.29, 1.82) is 0 Å². The zero-order chi connectivity index (χ0) is 13.9. The van der Waals surface area contributed by atoms with Gasteiger partial charge < -0.3 is 0 Å². The number of nitrogens with zero attached hydrogens (tertiary/aromatic N) is 4. The Morgan fingerprint density at radius 2 is 1.20 bits per heavy atom. The van der Waals surface area contributed by atoms with Crippen LogP contribution in [0.2, 0.25) is 0 Å². The lowest BCUT2D eigenvalue weighted by Crippen LogP contribution is -1.93. The lowest BCUT2D eigenvalue weighted by Gasteiger charge is -2.02. The lowest BCUT2D eigenvalue weighted by atomic mass is 10.2. The van der Waals surface area contributed by atoms with Crippen LogP contribution in [0.15, 0.2) is 49.1 Å². The third kappa shape index (κ3) is 2.51. The fraction of sp³-hybridized carbons (Fsp3) is 0.0667. The van der Waals surface area contributed by atoms with Gasteiger partial charge in [-0.2, -0.15) is 0 Å². The van der Waals surface area contributed by atoms with E-state index in [4.69, 9.17) is 0 Å². The number of aromatic nitrogens is 4. The van der Waals surface area contributed by atoms with Crippen LogP contribution in [0.3, 0.4) is 0 Å². The van der Waals surface area contributed by atoms with Crippen LogP contribution in [0.1, 0.15) is 5.56 Å². The highest BCUT2D eigenvalue weighted by atomic mass is 19.1. The Morgan fingerprint density at radius 1 is 0.700 bits per heavy atom. The fourth-order valence-electron chi connectivity index (χ4n) is 1.73. The first kappa shape index (κ1) is 12.3. The molecule has 0 aliphatic carbocycles. The van der Waals surface area contributed by atoms with Gasteiger partial charge in [-0.05, 0) is 36.8 Å². The SMILES string of the molecule is Cc1cnc(-c2cnc(-c3ccc(F)cc3)nc2)nc1. The smallest absolute Gasteiger partial charge is 0.162 e. The molecule has 0 fully saturated rings. The van der Waals surface area contributed by atoms with Crippen LogP contribution in [0, 0.1) is 12.7 Å². The predicted octanol–water partition coefficient (Wildman–Crippen LogP) is 3.05. The van der Waals surface area contributed by atoms with E-state index in [2.05, 4.69) is 19.9 Å². The van der Waals surface area contributed by atoms with Gasteiger partial charge in [0.1, 0.15) is 5.82 Å². The van der Waals surface area contributed by atoms with Crippen LogP contribution in [-0.4, -0.2) is 19.9 Å².